The Bertz CT molecular complexity index is 1050. The summed E-state index contributed by atoms with van der Waals surface area (Å²) < 4.78 is 2.50. The zero-order chi connectivity index (χ0) is 21.0. The van der Waals surface area contributed by atoms with Crippen LogP contribution in [0.3, 0.4) is 0 Å². The van der Waals surface area contributed by atoms with Crippen LogP contribution in [0.1, 0.15) is 16.2 Å². The highest BCUT2D eigenvalue weighted by atomic mass is 79.9. The summed E-state index contributed by atoms with van der Waals surface area (Å²) in [6.07, 6.45) is 1.94. The Morgan fingerprint density at radius 1 is 1.21 bits per heavy atom. The highest BCUT2D eigenvalue weighted by Crippen LogP contribution is 2.24. The van der Waals surface area contributed by atoms with Crippen molar-refractivity contribution in [2.75, 3.05) is 25.2 Å². The highest BCUT2D eigenvalue weighted by Gasteiger charge is 2.22. The number of halogens is 1. The molecule has 3 aromatic rings. The van der Waals surface area contributed by atoms with Gasteiger partial charge in [-0.3, -0.25) is 9.59 Å². The molecule has 0 aliphatic carbocycles. The van der Waals surface area contributed by atoms with Crippen LogP contribution in [0.25, 0.3) is 5.69 Å². The van der Waals surface area contributed by atoms with Gasteiger partial charge in [0.05, 0.1) is 23.6 Å². The third-order valence-corrected chi connectivity index (χ3v) is 5.55. The quantitative estimate of drug-likeness (QED) is 0.551. The van der Waals surface area contributed by atoms with Crippen LogP contribution < -0.4 is 5.32 Å². The van der Waals surface area contributed by atoms with Crippen LogP contribution in [0.4, 0.5) is 5.69 Å². The zero-order valence-corrected chi connectivity index (χ0v) is 18.6. The molecule has 0 unspecified atom stereocenters. The number of hydrogen-bond acceptors (Lipinski definition) is 5. The molecule has 0 aliphatic heterocycles. The second kappa shape index (κ2) is 9.23. The van der Waals surface area contributed by atoms with Crippen LogP contribution in [0.15, 0.2) is 57.9 Å². The summed E-state index contributed by atoms with van der Waals surface area (Å²) in [6.45, 7) is 1.68. The summed E-state index contributed by atoms with van der Waals surface area (Å²) >= 11 is 4.97. The van der Waals surface area contributed by atoms with Crippen LogP contribution >= 0.6 is 27.7 Å². The Kier molecular flexibility index (Phi) is 6.71. The Morgan fingerprint density at radius 2 is 1.97 bits per heavy atom. The fourth-order valence-electron chi connectivity index (χ4n) is 2.79. The average molecular weight is 474 g/mol. The molecule has 150 valence electrons. The van der Waals surface area contributed by atoms with Gasteiger partial charge in [0.2, 0.25) is 5.91 Å². The third kappa shape index (κ3) is 4.86. The van der Waals surface area contributed by atoms with Crippen molar-refractivity contribution in [1.29, 1.82) is 0 Å². The lowest BCUT2D eigenvalue weighted by atomic mass is 10.2. The second-order valence-electron chi connectivity index (χ2n) is 6.32. The van der Waals surface area contributed by atoms with Gasteiger partial charge in [-0.15, -0.1) is 16.9 Å². The normalized spacial score (nSPS) is 10.6. The van der Waals surface area contributed by atoms with Crippen LogP contribution in [0.2, 0.25) is 0 Å². The van der Waals surface area contributed by atoms with Gasteiger partial charge in [-0.2, -0.15) is 0 Å². The number of nitrogens with zero attached hydrogens (tertiary/aromatic N) is 4. The summed E-state index contributed by atoms with van der Waals surface area (Å²) in [6, 6.07) is 15.1. The third-order valence-electron chi connectivity index (χ3n) is 4.26. The van der Waals surface area contributed by atoms with Gasteiger partial charge in [0.1, 0.15) is 0 Å². The molecule has 29 heavy (non-hydrogen) atoms. The smallest absolute Gasteiger partial charge is 0.276 e. The molecule has 1 aromatic heterocycles. The molecule has 0 fully saturated rings. The maximum absolute atomic E-state index is 12.8. The number of rotatable bonds is 6. The minimum absolute atomic E-state index is 0.0925. The summed E-state index contributed by atoms with van der Waals surface area (Å²) in [7, 11) is 1.57. The molecule has 1 N–H and O–H groups in total. The van der Waals surface area contributed by atoms with E-state index in [-0.39, 0.29) is 24.1 Å². The lowest BCUT2D eigenvalue weighted by Gasteiger charge is -2.16. The van der Waals surface area contributed by atoms with E-state index in [0.29, 0.717) is 5.69 Å². The molecule has 0 saturated carbocycles. The van der Waals surface area contributed by atoms with Crippen LogP contribution in [-0.4, -0.2) is 51.6 Å². The number of carbonyl (C=O) groups is 2. The van der Waals surface area contributed by atoms with Crippen molar-refractivity contribution in [2.24, 2.45) is 0 Å². The fourth-order valence-corrected chi connectivity index (χ4v) is 3.73. The van der Waals surface area contributed by atoms with Gasteiger partial charge in [0.15, 0.2) is 5.69 Å². The van der Waals surface area contributed by atoms with E-state index in [1.165, 1.54) is 4.90 Å². The molecule has 0 atom stereocenters. The molecular formula is C20H20BrN5O2S. The number of hydrogen-bond donors (Lipinski definition) is 1. The largest absolute Gasteiger partial charge is 0.331 e. The van der Waals surface area contributed by atoms with Crippen LogP contribution in [0, 0.1) is 6.92 Å². The number of amides is 2. The zero-order valence-electron chi connectivity index (χ0n) is 16.2. The lowest BCUT2D eigenvalue weighted by molar-refractivity contribution is -0.116. The first-order valence-electron chi connectivity index (χ1n) is 8.77. The Labute approximate surface area is 181 Å². The van der Waals surface area contributed by atoms with Crippen molar-refractivity contribution >= 4 is 45.2 Å². The Hall–Kier alpha value is -2.65. The number of nitrogens with one attached hydrogen (secondary N) is 1. The standard InChI is InChI=1S/C20H20BrN5O2S/c1-13-19(23-24-26(13)15-8-6-7-14(21)11-15)20(28)25(2)12-18(27)22-16-9-4-5-10-17(16)29-3/h4-11H,12H2,1-3H3,(H,22,27). The molecule has 0 spiro atoms. The molecule has 9 heteroatoms. The molecule has 0 radical (unpaired) electrons. The van der Waals surface area contributed by atoms with E-state index in [9.17, 15) is 9.59 Å². The second-order valence-corrected chi connectivity index (χ2v) is 8.09. The number of likely N-dealkylation sites (N-methyl/N-ethyl adjacent to an activating group) is 1. The average Bonchev–Trinajstić information content (AvgIpc) is 3.09. The van der Waals surface area contributed by atoms with Gasteiger partial charge in [0.25, 0.3) is 5.91 Å². The van der Waals surface area contributed by atoms with Crippen molar-refractivity contribution in [2.45, 2.75) is 11.8 Å². The minimum Gasteiger partial charge on any atom is -0.331 e. The van der Waals surface area contributed by atoms with E-state index < -0.39 is 0 Å². The molecule has 2 aromatic carbocycles. The van der Waals surface area contributed by atoms with Crippen molar-refractivity contribution in [3.05, 3.63) is 64.4 Å². The van der Waals surface area contributed by atoms with Gasteiger partial charge in [-0.25, -0.2) is 4.68 Å². The number of aromatic nitrogens is 3. The molecular weight excluding hydrogens is 454 g/mol. The summed E-state index contributed by atoms with van der Waals surface area (Å²) in [5.41, 5.74) is 2.33. The first-order chi connectivity index (χ1) is 13.9. The van der Waals surface area contributed by atoms with Gasteiger partial charge in [-0.05, 0) is 43.5 Å². The fraction of sp³-hybridized carbons (Fsp3) is 0.200. The molecule has 0 aliphatic rings. The number of thioether (sulfide) groups is 1. The maximum atomic E-state index is 12.8. The van der Waals surface area contributed by atoms with Gasteiger partial charge in [0, 0.05) is 16.4 Å². The van der Waals surface area contributed by atoms with E-state index >= 15 is 0 Å². The predicted molar refractivity (Wildman–Crippen MR) is 118 cm³/mol. The van der Waals surface area contributed by atoms with E-state index in [1.54, 1.807) is 30.4 Å². The molecule has 7 nitrogen and oxygen atoms in total. The van der Waals surface area contributed by atoms with Crippen LogP contribution in [-0.2, 0) is 4.79 Å². The first kappa shape index (κ1) is 21.1. The monoisotopic (exact) mass is 473 g/mol. The highest BCUT2D eigenvalue weighted by molar-refractivity contribution is 9.10. The van der Waals surface area contributed by atoms with E-state index in [4.69, 9.17) is 0 Å². The SMILES string of the molecule is CSc1ccccc1NC(=O)CN(C)C(=O)c1nnn(-c2cccc(Br)c2)c1C. The molecule has 1 heterocycles. The molecule has 0 bridgehead atoms. The maximum Gasteiger partial charge on any atom is 0.276 e. The van der Waals surface area contributed by atoms with Crippen LogP contribution in [0.5, 0.6) is 0 Å². The summed E-state index contributed by atoms with van der Waals surface area (Å²) in [4.78, 5) is 27.5. The van der Waals surface area contributed by atoms with E-state index in [0.717, 1.165) is 20.7 Å². The number of carbonyl (C=O) groups excluding carboxylic acids is 2. The molecule has 3 rings (SSSR count). The molecule has 0 saturated heterocycles. The lowest BCUT2D eigenvalue weighted by Crippen LogP contribution is -2.35. The van der Waals surface area contributed by atoms with Crippen molar-refractivity contribution in [1.82, 2.24) is 19.9 Å². The van der Waals surface area contributed by atoms with Gasteiger partial charge >= 0.3 is 0 Å². The number of para-hydroxylation sites is 1. The Morgan fingerprint density at radius 3 is 2.69 bits per heavy atom. The number of benzene rings is 2. The topological polar surface area (TPSA) is 80.1 Å². The van der Waals surface area contributed by atoms with E-state index in [1.807, 2.05) is 54.8 Å². The Balaban J connectivity index is 1.71. The van der Waals surface area contributed by atoms with Crippen molar-refractivity contribution < 1.29 is 9.59 Å². The van der Waals surface area contributed by atoms with Gasteiger partial charge in [-0.1, -0.05) is 39.3 Å². The van der Waals surface area contributed by atoms with Gasteiger partial charge < -0.3 is 10.2 Å². The minimum atomic E-state index is -0.364. The first-order valence-corrected chi connectivity index (χ1v) is 10.8. The summed E-state index contributed by atoms with van der Waals surface area (Å²) in [5.74, 6) is -0.642. The summed E-state index contributed by atoms with van der Waals surface area (Å²) in [5, 5.41) is 11.0. The van der Waals surface area contributed by atoms with Crippen molar-refractivity contribution in [3.63, 3.8) is 0 Å². The van der Waals surface area contributed by atoms with Crippen molar-refractivity contribution in [3.8, 4) is 5.69 Å². The van der Waals surface area contributed by atoms with E-state index in [2.05, 4.69) is 31.6 Å². The number of anilines is 1. The predicted octanol–water partition coefficient (Wildman–Crippen LogP) is 3.77. The molecule has 2 amide bonds.